The second-order valence-corrected chi connectivity index (χ2v) is 4.16. The van der Waals surface area contributed by atoms with Crippen LogP contribution in [0, 0.1) is 12.7 Å². The van der Waals surface area contributed by atoms with Crippen LogP contribution in [0.4, 0.5) is 4.39 Å². The highest BCUT2D eigenvalue weighted by Crippen LogP contribution is 2.11. The summed E-state index contributed by atoms with van der Waals surface area (Å²) in [6, 6.07) is 5.31. The molecule has 0 saturated carbocycles. The normalized spacial score (nSPS) is 12.6. The number of benzene rings is 1. The van der Waals surface area contributed by atoms with Crippen molar-refractivity contribution in [2.24, 2.45) is 0 Å². The molecule has 3 nitrogen and oxygen atoms in total. The first-order valence-electron chi connectivity index (χ1n) is 5.64. The Morgan fingerprint density at radius 2 is 2.29 bits per heavy atom. The first-order chi connectivity index (χ1) is 8.16. The van der Waals surface area contributed by atoms with Gasteiger partial charge in [-0.15, -0.1) is 0 Å². The van der Waals surface area contributed by atoms with E-state index in [0.717, 1.165) is 11.4 Å². The molecule has 4 heteroatoms. The van der Waals surface area contributed by atoms with Gasteiger partial charge >= 0.3 is 0 Å². The number of halogens is 1. The predicted octanol–water partition coefficient (Wildman–Crippen LogP) is 2.71. The van der Waals surface area contributed by atoms with E-state index in [-0.39, 0.29) is 11.9 Å². The molecule has 2 N–H and O–H groups in total. The van der Waals surface area contributed by atoms with Crippen molar-refractivity contribution in [1.29, 1.82) is 0 Å². The third kappa shape index (κ3) is 2.91. The zero-order chi connectivity index (χ0) is 12.3. The Bertz CT molecular complexity index is 479. The van der Waals surface area contributed by atoms with Crippen molar-refractivity contribution in [2.45, 2.75) is 26.4 Å². The van der Waals surface area contributed by atoms with Crippen LogP contribution in [-0.2, 0) is 6.54 Å². The SMILES string of the molecule is Cc1cc(CNC(C)c2ncc[nH]2)ccc1F. The lowest BCUT2D eigenvalue weighted by Crippen LogP contribution is -2.19. The van der Waals surface area contributed by atoms with E-state index in [4.69, 9.17) is 0 Å². The molecular formula is C13H16FN3. The van der Waals surface area contributed by atoms with Gasteiger partial charge in [-0.05, 0) is 31.0 Å². The van der Waals surface area contributed by atoms with Crippen LogP contribution in [0.3, 0.4) is 0 Å². The second-order valence-electron chi connectivity index (χ2n) is 4.16. The highest BCUT2D eigenvalue weighted by atomic mass is 19.1. The number of hydrogen-bond donors (Lipinski definition) is 2. The summed E-state index contributed by atoms with van der Waals surface area (Å²) in [5, 5.41) is 3.33. The van der Waals surface area contributed by atoms with Crippen LogP contribution >= 0.6 is 0 Å². The zero-order valence-electron chi connectivity index (χ0n) is 10.00. The van der Waals surface area contributed by atoms with Crippen LogP contribution < -0.4 is 5.32 Å². The molecule has 0 radical (unpaired) electrons. The standard InChI is InChI=1S/C13H16FN3/c1-9-7-11(3-4-12(9)14)8-17-10(2)13-15-5-6-16-13/h3-7,10,17H,8H2,1-2H3,(H,15,16). The van der Waals surface area contributed by atoms with Gasteiger partial charge in [-0.3, -0.25) is 0 Å². The summed E-state index contributed by atoms with van der Waals surface area (Å²) in [5.74, 6) is 0.747. The van der Waals surface area contributed by atoms with E-state index >= 15 is 0 Å². The zero-order valence-corrected chi connectivity index (χ0v) is 10.00. The summed E-state index contributed by atoms with van der Waals surface area (Å²) in [6.07, 6.45) is 3.53. The Kier molecular flexibility index (Phi) is 3.54. The molecule has 0 spiro atoms. The Morgan fingerprint density at radius 3 is 2.94 bits per heavy atom. The predicted molar refractivity (Wildman–Crippen MR) is 65.0 cm³/mol. The highest BCUT2D eigenvalue weighted by molar-refractivity contribution is 5.23. The summed E-state index contributed by atoms with van der Waals surface area (Å²) in [4.78, 5) is 7.24. The summed E-state index contributed by atoms with van der Waals surface area (Å²) < 4.78 is 13.1. The molecule has 2 aromatic rings. The van der Waals surface area contributed by atoms with E-state index in [1.807, 2.05) is 13.0 Å². The molecule has 0 aliphatic carbocycles. The summed E-state index contributed by atoms with van der Waals surface area (Å²) in [6.45, 7) is 4.51. The molecule has 1 aromatic heterocycles. The highest BCUT2D eigenvalue weighted by Gasteiger charge is 2.07. The smallest absolute Gasteiger partial charge is 0.126 e. The Labute approximate surface area is 100 Å². The van der Waals surface area contributed by atoms with Crippen molar-refractivity contribution in [1.82, 2.24) is 15.3 Å². The van der Waals surface area contributed by atoms with E-state index in [2.05, 4.69) is 15.3 Å². The van der Waals surface area contributed by atoms with E-state index < -0.39 is 0 Å². The topological polar surface area (TPSA) is 40.7 Å². The number of aromatic amines is 1. The van der Waals surface area contributed by atoms with Gasteiger partial charge in [0.2, 0.25) is 0 Å². The maximum absolute atomic E-state index is 13.1. The first-order valence-corrected chi connectivity index (χ1v) is 5.64. The average molecular weight is 233 g/mol. The van der Waals surface area contributed by atoms with Gasteiger partial charge in [0, 0.05) is 18.9 Å². The van der Waals surface area contributed by atoms with E-state index in [1.165, 1.54) is 6.07 Å². The lowest BCUT2D eigenvalue weighted by Gasteiger charge is -2.11. The van der Waals surface area contributed by atoms with Gasteiger partial charge < -0.3 is 10.3 Å². The minimum Gasteiger partial charge on any atom is -0.347 e. The van der Waals surface area contributed by atoms with Gasteiger partial charge in [0.15, 0.2) is 0 Å². The van der Waals surface area contributed by atoms with Gasteiger partial charge in [0.1, 0.15) is 11.6 Å². The van der Waals surface area contributed by atoms with Crippen LogP contribution in [0.25, 0.3) is 0 Å². The number of rotatable bonds is 4. The molecule has 0 fully saturated rings. The molecule has 1 heterocycles. The van der Waals surface area contributed by atoms with Crippen molar-refractivity contribution in [3.63, 3.8) is 0 Å². The largest absolute Gasteiger partial charge is 0.347 e. The fourth-order valence-electron chi connectivity index (χ4n) is 1.70. The molecule has 1 unspecified atom stereocenters. The molecule has 0 bridgehead atoms. The van der Waals surface area contributed by atoms with Gasteiger partial charge in [0.05, 0.1) is 6.04 Å². The fraction of sp³-hybridized carbons (Fsp3) is 0.308. The van der Waals surface area contributed by atoms with Crippen molar-refractivity contribution in [3.8, 4) is 0 Å². The maximum atomic E-state index is 13.1. The van der Waals surface area contributed by atoms with Gasteiger partial charge in [-0.1, -0.05) is 12.1 Å². The number of nitrogens with one attached hydrogen (secondary N) is 2. The van der Waals surface area contributed by atoms with Gasteiger partial charge in [0.25, 0.3) is 0 Å². The maximum Gasteiger partial charge on any atom is 0.126 e. The summed E-state index contributed by atoms with van der Waals surface area (Å²) in [5.41, 5.74) is 1.75. The number of nitrogens with zero attached hydrogens (tertiary/aromatic N) is 1. The van der Waals surface area contributed by atoms with E-state index in [9.17, 15) is 4.39 Å². The Hall–Kier alpha value is -1.68. The molecule has 0 aliphatic rings. The third-order valence-electron chi connectivity index (χ3n) is 2.76. The number of hydrogen-bond acceptors (Lipinski definition) is 2. The molecule has 0 saturated heterocycles. The summed E-state index contributed by atoms with van der Waals surface area (Å²) >= 11 is 0. The number of aromatic nitrogens is 2. The average Bonchev–Trinajstić information content (AvgIpc) is 2.84. The van der Waals surface area contributed by atoms with Gasteiger partial charge in [-0.2, -0.15) is 0 Å². The van der Waals surface area contributed by atoms with Crippen LogP contribution in [0.2, 0.25) is 0 Å². The second kappa shape index (κ2) is 5.10. The van der Waals surface area contributed by atoms with Crippen molar-refractivity contribution in [2.75, 3.05) is 0 Å². The third-order valence-corrected chi connectivity index (χ3v) is 2.76. The van der Waals surface area contributed by atoms with Crippen molar-refractivity contribution >= 4 is 0 Å². The quantitative estimate of drug-likeness (QED) is 0.852. The molecule has 1 atom stereocenters. The molecular weight excluding hydrogens is 217 g/mol. The van der Waals surface area contributed by atoms with Crippen LogP contribution in [0.1, 0.15) is 29.9 Å². The van der Waals surface area contributed by atoms with Crippen molar-refractivity contribution < 1.29 is 4.39 Å². The number of aryl methyl sites for hydroxylation is 1. The lowest BCUT2D eigenvalue weighted by molar-refractivity contribution is 0.549. The monoisotopic (exact) mass is 233 g/mol. The summed E-state index contributed by atoms with van der Waals surface area (Å²) in [7, 11) is 0. The molecule has 17 heavy (non-hydrogen) atoms. The molecule has 0 aliphatic heterocycles. The minimum absolute atomic E-state index is 0.148. The molecule has 2 rings (SSSR count). The minimum atomic E-state index is -0.159. The molecule has 1 aromatic carbocycles. The van der Waals surface area contributed by atoms with Crippen molar-refractivity contribution in [3.05, 3.63) is 53.4 Å². The number of H-pyrrole nitrogens is 1. The van der Waals surface area contributed by atoms with Gasteiger partial charge in [-0.25, -0.2) is 9.37 Å². The van der Waals surface area contributed by atoms with E-state index in [1.54, 1.807) is 25.4 Å². The van der Waals surface area contributed by atoms with Crippen LogP contribution in [0.5, 0.6) is 0 Å². The van der Waals surface area contributed by atoms with Crippen LogP contribution in [0.15, 0.2) is 30.6 Å². The lowest BCUT2D eigenvalue weighted by atomic mass is 10.1. The molecule has 90 valence electrons. The Morgan fingerprint density at radius 1 is 1.47 bits per heavy atom. The first kappa shape index (κ1) is 11.8. The number of imidazole rings is 1. The Balaban J connectivity index is 1.96. The van der Waals surface area contributed by atoms with Crippen LogP contribution in [-0.4, -0.2) is 9.97 Å². The van der Waals surface area contributed by atoms with E-state index in [0.29, 0.717) is 12.1 Å². The fourth-order valence-corrected chi connectivity index (χ4v) is 1.70. The molecule has 0 amide bonds.